The largest absolute Gasteiger partial charge is 0.496 e. The molecule has 0 saturated heterocycles. The van der Waals surface area contributed by atoms with Crippen LogP contribution in [0.25, 0.3) is 27.6 Å². The number of nitrogens with two attached hydrogens (primary N) is 2. The number of methoxy groups -OCH3 is 1. The first-order valence-corrected chi connectivity index (χ1v) is 9.18. The van der Waals surface area contributed by atoms with Crippen LogP contribution in [-0.2, 0) is 6.18 Å². The van der Waals surface area contributed by atoms with E-state index in [1.165, 1.54) is 30.0 Å². The van der Waals surface area contributed by atoms with Crippen molar-refractivity contribution in [2.75, 3.05) is 12.8 Å². The van der Waals surface area contributed by atoms with Crippen molar-refractivity contribution in [2.45, 2.75) is 20.0 Å². The van der Waals surface area contributed by atoms with Crippen LogP contribution in [0.1, 0.15) is 27.2 Å². The van der Waals surface area contributed by atoms with Crippen LogP contribution in [0.4, 0.5) is 19.0 Å². The second kappa shape index (κ2) is 6.86. The molecule has 1 amide bonds. The summed E-state index contributed by atoms with van der Waals surface area (Å²) in [6, 6.07) is 6.39. The predicted molar refractivity (Wildman–Crippen MR) is 110 cm³/mol. The van der Waals surface area contributed by atoms with Crippen molar-refractivity contribution in [2.24, 2.45) is 5.73 Å². The van der Waals surface area contributed by atoms with Gasteiger partial charge in [0.15, 0.2) is 5.69 Å². The number of hydrogen-bond acceptors (Lipinski definition) is 5. The number of halogens is 3. The molecule has 4 rings (SSSR count). The van der Waals surface area contributed by atoms with E-state index in [-0.39, 0.29) is 22.4 Å². The number of fused-ring (bicyclic) bond motifs is 3. The van der Waals surface area contributed by atoms with Gasteiger partial charge in [0, 0.05) is 17.1 Å². The van der Waals surface area contributed by atoms with E-state index >= 15 is 0 Å². The summed E-state index contributed by atoms with van der Waals surface area (Å²) in [5.41, 5.74) is 12.0. The van der Waals surface area contributed by atoms with Gasteiger partial charge >= 0.3 is 6.18 Å². The molecule has 3 heterocycles. The first-order chi connectivity index (χ1) is 14.6. The highest BCUT2D eigenvalue weighted by Gasteiger charge is 2.39. The quantitative estimate of drug-likeness (QED) is 0.513. The number of carbonyl (C=O) groups excluding carboxylic acids is 1. The topological polar surface area (TPSA) is 109 Å². The number of alkyl halides is 3. The normalized spacial score (nSPS) is 11.9. The second-order valence-corrected chi connectivity index (χ2v) is 7.07. The number of aryl methyl sites for hydroxylation is 1. The Hall–Kier alpha value is -3.82. The van der Waals surface area contributed by atoms with Crippen LogP contribution in [0.15, 0.2) is 30.5 Å². The minimum atomic E-state index is -4.86. The maximum absolute atomic E-state index is 14.0. The number of benzene rings is 1. The third-order valence-electron chi connectivity index (χ3n) is 5.23. The van der Waals surface area contributed by atoms with E-state index in [1.807, 2.05) is 0 Å². The van der Waals surface area contributed by atoms with Gasteiger partial charge < -0.3 is 16.2 Å². The number of rotatable bonds is 3. The molecule has 0 bridgehead atoms. The Bertz CT molecular complexity index is 1380. The van der Waals surface area contributed by atoms with E-state index in [0.717, 1.165) is 0 Å². The van der Waals surface area contributed by atoms with Gasteiger partial charge in [-0.3, -0.25) is 14.3 Å². The molecular formula is C21H18F3N5O2. The molecule has 0 aliphatic heterocycles. The molecule has 4 N–H and O–H groups in total. The predicted octanol–water partition coefficient (Wildman–Crippen LogP) is 3.90. The van der Waals surface area contributed by atoms with Crippen LogP contribution < -0.4 is 16.2 Å². The van der Waals surface area contributed by atoms with Crippen LogP contribution in [-0.4, -0.2) is 27.6 Å². The smallest absolute Gasteiger partial charge is 0.434 e. The van der Waals surface area contributed by atoms with Gasteiger partial charge in [-0.1, -0.05) is 6.07 Å². The monoisotopic (exact) mass is 429 g/mol. The lowest BCUT2D eigenvalue weighted by Gasteiger charge is -2.18. The van der Waals surface area contributed by atoms with Crippen molar-refractivity contribution in [1.29, 1.82) is 0 Å². The summed E-state index contributed by atoms with van der Waals surface area (Å²) in [7, 11) is 1.48. The summed E-state index contributed by atoms with van der Waals surface area (Å²) >= 11 is 0. The molecule has 0 unspecified atom stereocenters. The van der Waals surface area contributed by atoms with Gasteiger partial charge in [-0.05, 0) is 37.6 Å². The van der Waals surface area contributed by atoms with Crippen LogP contribution in [0.5, 0.6) is 5.75 Å². The molecule has 10 heteroatoms. The van der Waals surface area contributed by atoms with Crippen molar-refractivity contribution >= 4 is 33.7 Å². The average Bonchev–Trinajstić information content (AvgIpc) is 3.00. The zero-order valence-electron chi connectivity index (χ0n) is 16.8. The fourth-order valence-corrected chi connectivity index (χ4v) is 3.96. The van der Waals surface area contributed by atoms with E-state index in [1.54, 1.807) is 26.0 Å². The number of amides is 1. The molecular weight excluding hydrogens is 411 g/mol. The zero-order chi connectivity index (χ0) is 22.7. The lowest BCUT2D eigenvalue weighted by atomic mass is 10.1. The van der Waals surface area contributed by atoms with Gasteiger partial charge in [0.2, 0.25) is 0 Å². The fourth-order valence-electron chi connectivity index (χ4n) is 3.96. The summed E-state index contributed by atoms with van der Waals surface area (Å²) in [5, 5.41) is -0.481. The van der Waals surface area contributed by atoms with Crippen LogP contribution in [0.3, 0.4) is 0 Å². The Kier molecular flexibility index (Phi) is 4.53. The molecule has 0 aliphatic rings. The number of anilines is 1. The molecule has 0 fully saturated rings. The van der Waals surface area contributed by atoms with Gasteiger partial charge in [-0.2, -0.15) is 13.2 Å². The highest BCUT2D eigenvalue weighted by Crippen LogP contribution is 2.43. The molecule has 3 aromatic heterocycles. The van der Waals surface area contributed by atoms with Crippen molar-refractivity contribution < 1.29 is 22.7 Å². The third kappa shape index (κ3) is 2.94. The number of nitrogen functional groups attached to an aromatic ring is 1. The summed E-state index contributed by atoms with van der Waals surface area (Å²) in [6.45, 7) is 3.52. The van der Waals surface area contributed by atoms with Crippen LogP contribution in [0.2, 0.25) is 0 Å². The van der Waals surface area contributed by atoms with Crippen molar-refractivity contribution in [3.8, 4) is 11.4 Å². The standard InChI is InChI=1S/C21H18F3N5O2/c1-9-6-7-12(31-3)10(2)16(9)29-17-13(14(19(29)25)20(26)30)18(21(22,23)24)28-11-5-4-8-27-15(11)17/h4-8H,25H2,1-3H3,(H2,26,30). The number of nitrogens with zero attached hydrogens (tertiary/aromatic N) is 3. The van der Waals surface area contributed by atoms with Crippen molar-refractivity contribution in [1.82, 2.24) is 14.5 Å². The van der Waals surface area contributed by atoms with E-state index in [4.69, 9.17) is 16.2 Å². The Morgan fingerprint density at radius 2 is 1.90 bits per heavy atom. The van der Waals surface area contributed by atoms with Gasteiger partial charge in [0.05, 0.1) is 29.4 Å². The molecule has 0 saturated carbocycles. The highest BCUT2D eigenvalue weighted by atomic mass is 19.4. The van der Waals surface area contributed by atoms with Gasteiger partial charge in [-0.15, -0.1) is 0 Å². The number of pyridine rings is 2. The van der Waals surface area contributed by atoms with Crippen LogP contribution in [0, 0.1) is 13.8 Å². The Morgan fingerprint density at radius 1 is 1.19 bits per heavy atom. The number of aromatic nitrogens is 3. The maximum Gasteiger partial charge on any atom is 0.434 e. The molecule has 4 aromatic rings. The Balaban J connectivity index is 2.36. The van der Waals surface area contributed by atoms with Gasteiger partial charge in [0.1, 0.15) is 17.1 Å². The Labute approximate surface area is 174 Å². The minimum Gasteiger partial charge on any atom is -0.496 e. The average molecular weight is 429 g/mol. The molecule has 31 heavy (non-hydrogen) atoms. The SMILES string of the molecule is COc1ccc(C)c(-n2c(N)c(C(N)=O)c3c(C(F)(F)F)nc4cccnc4c32)c1C. The molecule has 0 aliphatic carbocycles. The van der Waals surface area contributed by atoms with E-state index in [9.17, 15) is 18.0 Å². The highest BCUT2D eigenvalue weighted by molar-refractivity contribution is 6.18. The number of primary amides is 1. The Morgan fingerprint density at radius 3 is 2.52 bits per heavy atom. The number of carbonyl (C=O) groups is 1. The number of ether oxygens (including phenoxy) is 1. The van der Waals surface area contributed by atoms with Gasteiger partial charge in [0.25, 0.3) is 5.91 Å². The third-order valence-corrected chi connectivity index (χ3v) is 5.23. The summed E-state index contributed by atoms with van der Waals surface area (Å²) in [6.07, 6.45) is -3.43. The molecule has 160 valence electrons. The molecule has 0 spiro atoms. The molecule has 0 atom stereocenters. The van der Waals surface area contributed by atoms with Crippen LogP contribution >= 0.6 is 0 Å². The maximum atomic E-state index is 14.0. The molecule has 1 aromatic carbocycles. The molecule has 0 radical (unpaired) electrons. The van der Waals surface area contributed by atoms with E-state index in [0.29, 0.717) is 22.6 Å². The lowest BCUT2D eigenvalue weighted by molar-refractivity contribution is -0.139. The van der Waals surface area contributed by atoms with Gasteiger partial charge in [-0.25, -0.2) is 4.98 Å². The second-order valence-electron chi connectivity index (χ2n) is 7.07. The summed E-state index contributed by atoms with van der Waals surface area (Å²) in [4.78, 5) is 20.3. The zero-order valence-corrected chi connectivity index (χ0v) is 16.8. The number of hydrogen-bond donors (Lipinski definition) is 2. The lowest BCUT2D eigenvalue weighted by Crippen LogP contribution is -2.16. The van der Waals surface area contributed by atoms with Crippen molar-refractivity contribution in [3.63, 3.8) is 0 Å². The van der Waals surface area contributed by atoms with E-state index in [2.05, 4.69) is 9.97 Å². The minimum absolute atomic E-state index is 0.00341. The van der Waals surface area contributed by atoms with Crippen molar-refractivity contribution in [3.05, 3.63) is 52.8 Å². The molecule has 7 nitrogen and oxygen atoms in total. The summed E-state index contributed by atoms with van der Waals surface area (Å²) in [5.74, 6) is -0.820. The fraction of sp³-hybridized carbons (Fsp3) is 0.190. The first kappa shape index (κ1) is 20.5. The summed E-state index contributed by atoms with van der Waals surface area (Å²) < 4.78 is 48.8. The first-order valence-electron chi connectivity index (χ1n) is 9.18. The van der Waals surface area contributed by atoms with E-state index < -0.39 is 28.7 Å².